The van der Waals surface area contributed by atoms with Crippen molar-refractivity contribution in [2.45, 2.75) is 189 Å². The van der Waals surface area contributed by atoms with E-state index in [9.17, 15) is 43.8 Å². The number of carboxylic acids is 1. The van der Waals surface area contributed by atoms with Gasteiger partial charge >= 0.3 is 18.0 Å². The lowest BCUT2D eigenvalue weighted by Gasteiger charge is -2.40. The number of aromatic nitrogens is 1. The maximum Gasteiger partial charge on any atom is 0.407 e. The second-order valence-corrected chi connectivity index (χ2v) is 22.3. The van der Waals surface area contributed by atoms with Crippen LogP contribution in [-0.4, -0.2) is 163 Å². The number of rotatable bonds is 36. The SMILES string of the molecule is CCCO[C@H](C[C@H](C(C)C)N(CCC)C(=O)[C@@H](NC(=O)[C@H]1CCCCN1C)[C@@H](C)CC)c1nc(C(=O)N[C@@H](Cc2ccc(OC(=O)[C@H](NC(=O)CCNC(=O)OCC(OC)OC(CC)CO)C(C)C)cc2)C[C@H](C)C(=O)O)cs1. The molecule has 1 aromatic carbocycles. The normalized spacial score (nSPS) is 17.3. The predicted molar refractivity (Wildman–Crippen MR) is 300 cm³/mol. The van der Waals surface area contributed by atoms with Crippen molar-refractivity contribution in [3.05, 3.63) is 45.9 Å². The van der Waals surface area contributed by atoms with Crippen LogP contribution in [0.1, 0.15) is 161 Å². The molecule has 5 amide bonds. The van der Waals surface area contributed by atoms with Gasteiger partial charge in [0, 0.05) is 57.1 Å². The Morgan fingerprint density at radius 1 is 0.886 bits per heavy atom. The average Bonchev–Trinajstić information content (AvgIpc) is 3.92. The number of hydrogen-bond donors (Lipinski definition) is 6. The molecule has 22 heteroatoms. The fraction of sp³-hybridized carbons (Fsp3) is 0.719. The summed E-state index contributed by atoms with van der Waals surface area (Å²) in [4.78, 5) is 102. The van der Waals surface area contributed by atoms with Gasteiger partial charge in [-0.25, -0.2) is 14.6 Å². The number of benzene rings is 1. The van der Waals surface area contributed by atoms with Crippen LogP contribution in [0.5, 0.6) is 5.75 Å². The van der Waals surface area contributed by atoms with Crippen LogP contribution in [0.3, 0.4) is 0 Å². The first-order valence-corrected chi connectivity index (χ1v) is 29.2. The molecule has 0 saturated carbocycles. The zero-order chi connectivity index (χ0) is 58.8. The number of aliphatic hydroxyl groups is 1. The molecule has 1 saturated heterocycles. The van der Waals surface area contributed by atoms with Gasteiger partial charge in [-0.05, 0) is 94.0 Å². The predicted octanol–water partition coefficient (Wildman–Crippen LogP) is 6.65. The van der Waals surface area contributed by atoms with Crippen LogP contribution in [0.4, 0.5) is 4.79 Å². The summed E-state index contributed by atoms with van der Waals surface area (Å²) in [6, 6.07) is 3.62. The second-order valence-electron chi connectivity index (χ2n) is 21.4. The lowest BCUT2D eigenvalue weighted by Crippen LogP contribution is -2.58. The van der Waals surface area contributed by atoms with Crippen LogP contribution in [0.2, 0.25) is 0 Å². The fourth-order valence-electron chi connectivity index (χ4n) is 9.22. The Kier molecular flexibility index (Phi) is 30.5. The molecule has 1 aliphatic rings. The number of carboxylic acid groups (broad SMARTS) is 1. The van der Waals surface area contributed by atoms with Crippen molar-refractivity contribution in [1.29, 1.82) is 0 Å². The van der Waals surface area contributed by atoms with Crippen molar-refractivity contribution >= 4 is 53.0 Å². The topological polar surface area (TPSA) is 274 Å². The number of methoxy groups -OCH3 is 1. The van der Waals surface area contributed by atoms with Crippen LogP contribution >= 0.6 is 11.3 Å². The lowest BCUT2D eigenvalue weighted by atomic mass is 9.92. The minimum Gasteiger partial charge on any atom is -0.481 e. The van der Waals surface area contributed by atoms with Gasteiger partial charge in [-0.2, -0.15) is 0 Å². The number of hydrogen-bond acceptors (Lipinski definition) is 16. The van der Waals surface area contributed by atoms with Gasteiger partial charge in [0.15, 0.2) is 6.29 Å². The number of piperidine rings is 1. The van der Waals surface area contributed by atoms with Crippen molar-refractivity contribution < 1.29 is 67.5 Å². The molecule has 2 aromatic rings. The van der Waals surface area contributed by atoms with Crippen LogP contribution in [0, 0.1) is 23.7 Å². The maximum atomic E-state index is 14.8. The van der Waals surface area contributed by atoms with Gasteiger partial charge in [-0.15, -0.1) is 11.3 Å². The van der Waals surface area contributed by atoms with Gasteiger partial charge in [0.2, 0.25) is 17.7 Å². The van der Waals surface area contributed by atoms with Gasteiger partial charge < -0.3 is 60.1 Å². The molecule has 2 unspecified atom stereocenters. The molecule has 79 heavy (non-hydrogen) atoms. The summed E-state index contributed by atoms with van der Waals surface area (Å²) in [5, 5.41) is 32.8. The van der Waals surface area contributed by atoms with Gasteiger partial charge in [-0.1, -0.05) is 94.2 Å². The molecule has 3 rings (SSSR count). The third-order valence-corrected chi connectivity index (χ3v) is 15.2. The van der Waals surface area contributed by atoms with Crippen molar-refractivity contribution in [3.8, 4) is 5.75 Å². The molecule has 446 valence electrons. The summed E-state index contributed by atoms with van der Waals surface area (Å²) in [5.41, 5.74) is 0.862. The van der Waals surface area contributed by atoms with Crippen LogP contribution in [0.25, 0.3) is 0 Å². The Morgan fingerprint density at radius 3 is 2.18 bits per heavy atom. The van der Waals surface area contributed by atoms with E-state index in [4.69, 9.17) is 28.7 Å². The van der Waals surface area contributed by atoms with E-state index in [-0.39, 0.29) is 92.1 Å². The van der Waals surface area contributed by atoms with Crippen LogP contribution in [0.15, 0.2) is 29.6 Å². The van der Waals surface area contributed by atoms with Crippen LogP contribution < -0.4 is 26.0 Å². The van der Waals surface area contributed by atoms with Gasteiger partial charge in [0.1, 0.15) is 41.2 Å². The zero-order valence-electron chi connectivity index (χ0n) is 48.9. The summed E-state index contributed by atoms with van der Waals surface area (Å²) in [6.07, 6.45) is 3.24. The first-order chi connectivity index (χ1) is 37.6. The van der Waals surface area contributed by atoms with Gasteiger partial charge in [-0.3, -0.25) is 28.9 Å². The summed E-state index contributed by atoms with van der Waals surface area (Å²) in [6.45, 7) is 20.3. The second kappa shape index (κ2) is 35.5. The Bertz CT molecular complexity index is 2190. The van der Waals surface area contributed by atoms with E-state index in [0.29, 0.717) is 43.8 Å². The molecule has 2 heterocycles. The van der Waals surface area contributed by atoms with Gasteiger partial charge in [0.25, 0.3) is 5.91 Å². The number of aliphatic hydroxyl groups excluding tert-OH is 1. The number of aliphatic carboxylic acids is 1. The standard InChI is InChI=1S/C57H93N7O14S/c1-13-26-64(54(69)50(37(9)15-3)62-52(68)44-19-17-18-27-63(44)11)45(35(5)6)31-46(75-28-14-2)53-60-43(34-79-53)51(67)59-40(29-38(10)55(70)71)30-39-20-22-42(23-21-39)78-56(72)49(36(7)8)61-47(66)24-25-58-57(73)76-33-48(74-12)77-41(16-4)32-65/h20-23,34-38,40-41,44-46,48-50,65H,13-19,24-33H2,1-12H3,(H,58,73)(H,59,67)(H,61,66)(H,62,68)(H,70,71)/t37-,38-,40+,41?,44+,45+,46+,48?,49+,50-/m0/s1. The van der Waals surface area contributed by atoms with Gasteiger partial charge in [0.05, 0.1) is 24.7 Å². The molecule has 6 N–H and O–H groups in total. The summed E-state index contributed by atoms with van der Waals surface area (Å²) < 4.78 is 27.9. The van der Waals surface area contributed by atoms with Crippen molar-refractivity contribution in [2.75, 3.05) is 53.6 Å². The van der Waals surface area contributed by atoms with E-state index in [1.807, 2.05) is 46.6 Å². The number of ether oxygens (including phenoxy) is 5. The minimum absolute atomic E-state index is 0.00309. The summed E-state index contributed by atoms with van der Waals surface area (Å²) in [7, 11) is 3.34. The minimum atomic E-state index is -1.02. The number of nitrogens with zero attached hydrogens (tertiary/aromatic N) is 3. The monoisotopic (exact) mass is 1130 g/mol. The van der Waals surface area contributed by atoms with E-state index >= 15 is 0 Å². The molecule has 0 radical (unpaired) electrons. The number of likely N-dealkylation sites (tertiary alicyclic amines) is 1. The van der Waals surface area contributed by atoms with E-state index in [1.165, 1.54) is 18.4 Å². The third kappa shape index (κ3) is 22.7. The van der Waals surface area contributed by atoms with Crippen molar-refractivity contribution in [3.63, 3.8) is 0 Å². The average molecular weight is 1130 g/mol. The Balaban J connectivity index is 1.72. The number of esters is 1. The van der Waals surface area contributed by atoms with E-state index in [0.717, 1.165) is 37.8 Å². The molecular weight excluding hydrogens is 1040 g/mol. The van der Waals surface area contributed by atoms with Crippen molar-refractivity contribution in [2.24, 2.45) is 23.7 Å². The molecular formula is C57H93N7O14S. The number of carbonyl (C=O) groups is 7. The Morgan fingerprint density at radius 2 is 1.59 bits per heavy atom. The zero-order valence-corrected chi connectivity index (χ0v) is 49.7. The third-order valence-electron chi connectivity index (χ3n) is 14.3. The molecule has 0 bridgehead atoms. The molecule has 1 aliphatic heterocycles. The fourth-order valence-corrected chi connectivity index (χ4v) is 10.1. The quantitative estimate of drug-likeness (QED) is 0.0237. The van der Waals surface area contributed by atoms with E-state index < -0.39 is 72.4 Å². The number of carbonyl (C=O) groups excluding carboxylic acids is 6. The summed E-state index contributed by atoms with van der Waals surface area (Å²) in [5.74, 6) is -4.06. The maximum absolute atomic E-state index is 14.8. The number of likely N-dealkylation sites (N-methyl/N-ethyl adjacent to an activating group) is 1. The number of alkyl carbamates (subject to hydrolysis) is 1. The molecule has 0 spiro atoms. The van der Waals surface area contributed by atoms with E-state index in [2.05, 4.69) is 40.0 Å². The number of thiazole rings is 1. The highest BCUT2D eigenvalue weighted by atomic mass is 32.1. The van der Waals surface area contributed by atoms with E-state index in [1.54, 1.807) is 50.4 Å². The van der Waals surface area contributed by atoms with Crippen molar-refractivity contribution in [1.82, 2.24) is 36.1 Å². The highest BCUT2D eigenvalue weighted by Crippen LogP contribution is 2.32. The highest BCUT2D eigenvalue weighted by molar-refractivity contribution is 7.09. The van der Waals surface area contributed by atoms with Crippen LogP contribution in [-0.2, 0) is 49.3 Å². The Labute approximate surface area is 472 Å². The smallest absolute Gasteiger partial charge is 0.407 e. The molecule has 10 atom stereocenters. The molecule has 21 nitrogen and oxygen atoms in total. The first-order valence-electron chi connectivity index (χ1n) is 28.3. The number of amides is 5. The largest absolute Gasteiger partial charge is 0.481 e. The molecule has 1 aromatic heterocycles. The highest BCUT2D eigenvalue weighted by Gasteiger charge is 2.38. The lowest BCUT2D eigenvalue weighted by molar-refractivity contribution is -0.181. The summed E-state index contributed by atoms with van der Waals surface area (Å²) >= 11 is 1.28. The molecule has 1 fully saturated rings. The molecule has 0 aliphatic carbocycles. The Hall–Kier alpha value is -5.26. The number of nitrogens with one attached hydrogen (secondary N) is 4. The first kappa shape index (κ1) is 68.0.